The van der Waals surface area contributed by atoms with E-state index < -0.39 is 6.04 Å². The number of nitrogens with zero attached hydrogens (tertiary/aromatic N) is 1. The number of anilines is 1. The van der Waals surface area contributed by atoms with Gasteiger partial charge in [-0.15, -0.1) is 23.5 Å². The lowest BCUT2D eigenvalue weighted by atomic mass is 10.1. The summed E-state index contributed by atoms with van der Waals surface area (Å²) in [6, 6.07) is 11.9. The molecule has 0 aromatic heterocycles. The maximum absolute atomic E-state index is 13.0. The molecule has 1 unspecified atom stereocenters. The number of nitrogens with one attached hydrogen (secondary N) is 1. The quantitative estimate of drug-likeness (QED) is 0.731. The number of carbonyl (C=O) groups is 2. The lowest BCUT2D eigenvalue weighted by molar-refractivity contribution is -0.119. The summed E-state index contributed by atoms with van der Waals surface area (Å²) >= 11 is 9.33. The van der Waals surface area contributed by atoms with Crippen LogP contribution in [0.3, 0.4) is 0 Å². The van der Waals surface area contributed by atoms with E-state index in [0.29, 0.717) is 33.7 Å². The monoisotopic (exact) mass is 422 g/mol. The molecule has 3 rings (SSSR count). The number of carbonyl (C=O) groups excluding carboxylic acids is 2. The number of halogens is 1. The Morgan fingerprint density at radius 2 is 2.00 bits per heavy atom. The molecule has 1 heterocycles. The number of amides is 2. The minimum absolute atomic E-state index is 0.212. The van der Waals surface area contributed by atoms with Crippen molar-refractivity contribution in [3.05, 3.63) is 53.1 Å². The zero-order chi connectivity index (χ0) is 19.4. The molecular weight excluding hydrogens is 404 g/mol. The van der Waals surface area contributed by atoms with Crippen LogP contribution in [0.1, 0.15) is 10.4 Å². The minimum Gasteiger partial charge on any atom is -0.497 e. The topological polar surface area (TPSA) is 58.6 Å². The Hall–Kier alpha value is -1.83. The average molecular weight is 423 g/mol. The Labute approximate surface area is 171 Å². The highest BCUT2D eigenvalue weighted by Crippen LogP contribution is 2.29. The van der Waals surface area contributed by atoms with Gasteiger partial charge in [-0.05, 0) is 48.7 Å². The SMILES string of the molecule is COc1ccc(NC(=O)C2CSCN2C(=O)c2cc(SC)ccc2Cl)cc1. The zero-order valence-electron chi connectivity index (χ0n) is 14.9. The van der Waals surface area contributed by atoms with Gasteiger partial charge in [-0.3, -0.25) is 9.59 Å². The fourth-order valence-corrected chi connectivity index (χ4v) is 4.50. The Kier molecular flexibility index (Phi) is 6.57. The van der Waals surface area contributed by atoms with Crippen LogP contribution >= 0.6 is 35.1 Å². The lowest BCUT2D eigenvalue weighted by Gasteiger charge is -2.23. The van der Waals surface area contributed by atoms with E-state index in [1.54, 1.807) is 60.2 Å². The van der Waals surface area contributed by atoms with Crippen molar-refractivity contribution in [2.75, 3.05) is 30.3 Å². The predicted octanol–water partition coefficient (Wildman–Crippen LogP) is 4.22. The molecule has 1 atom stereocenters. The zero-order valence-corrected chi connectivity index (χ0v) is 17.3. The van der Waals surface area contributed by atoms with Crippen LogP contribution in [0.15, 0.2) is 47.4 Å². The Morgan fingerprint density at radius 1 is 1.26 bits per heavy atom. The molecular formula is C19H19ClN2O3S2. The third-order valence-electron chi connectivity index (χ3n) is 4.21. The summed E-state index contributed by atoms with van der Waals surface area (Å²) in [4.78, 5) is 28.3. The molecule has 0 aliphatic carbocycles. The van der Waals surface area contributed by atoms with E-state index in [2.05, 4.69) is 5.32 Å². The second-order valence-electron chi connectivity index (χ2n) is 5.85. The Morgan fingerprint density at radius 3 is 2.67 bits per heavy atom. The summed E-state index contributed by atoms with van der Waals surface area (Å²) in [5.74, 6) is 1.28. The van der Waals surface area contributed by atoms with Crippen LogP contribution in [-0.2, 0) is 4.79 Å². The van der Waals surface area contributed by atoms with Gasteiger partial charge in [0.15, 0.2) is 0 Å². The third kappa shape index (κ3) is 4.54. The predicted molar refractivity (Wildman–Crippen MR) is 112 cm³/mol. The van der Waals surface area contributed by atoms with Gasteiger partial charge < -0.3 is 15.0 Å². The van der Waals surface area contributed by atoms with Crippen molar-refractivity contribution in [3.63, 3.8) is 0 Å². The van der Waals surface area contributed by atoms with Crippen LogP contribution < -0.4 is 10.1 Å². The van der Waals surface area contributed by atoms with E-state index >= 15 is 0 Å². The standard InChI is InChI=1S/C19H19ClN2O3S2/c1-25-13-5-3-12(4-6-13)21-18(23)17-10-27-11-22(17)19(24)15-9-14(26-2)7-8-16(15)20/h3-9,17H,10-11H2,1-2H3,(H,21,23). The van der Waals surface area contributed by atoms with Gasteiger partial charge in [0, 0.05) is 16.3 Å². The van der Waals surface area contributed by atoms with Crippen LogP contribution in [0.25, 0.3) is 0 Å². The lowest BCUT2D eigenvalue weighted by Crippen LogP contribution is -2.44. The van der Waals surface area contributed by atoms with Crippen LogP contribution in [-0.4, -0.2) is 47.8 Å². The van der Waals surface area contributed by atoms with Gasteiger partial charge in [0.2, 0.25) is 5.91 Å². The molecule has 2 aromatic rings. The van der Waals surface area contributed by atoms with Crippen LogP contribution in [0.2, 0.25) is 5.02 Å². The molecule has 5 nitrogen and oxygen atoms in total. The largest absolute Gasteiger partial charge is 0.497 e. The number of thioether (sulfide) groups is 2. The molecule has 1 N–H and O–H groups in total. The van der Waals surface area contributed by atoms with E-state index in [4.69, 9.17) is 16.3 Å². The van der Waals surface area contributed by atoms with Crippen molar-refractivity contribution in [3.8, 4) is 5.75 Å². The number of hydrogen-bond donors (Lipinski definition) is 1. The fourth-order valence-electron chi connectivity index (χ4n) is 2.71. The molecule has 0 radical (unpaired) electrons. The highest BCUT2D eigenvalue weighted by molar-refractivity contribution is 7.99. The molecule has 27 heavy (non-hydrogen) atoms. The van der Waals surface area contributed by atoms with Gasteiger partial charge in [0.1, 0.15) is 11.8 Å². The summed E-state index contributed by atoms with van der Waals surface area (Å²) in [7, 11) is 1.59. The summed E-state index contributed by atoms with van der Waals surface area (Å²) in [5.41, 5.74) is 1.08. The number of methoxy groups -OCH3 is 1. The summed E-state index contributed by atoms with van der Waals surface area (Å²) in [5, 5.41) is 3.26. The molecule has 1 fully saturated rings. The van der Waals surface area contributed by atoms with Gasteiger partial charge in [0.25, 0.3) is 5.91 Å². The molecule has 0 spiro atoms. The van der Waals surface area contributed by atoms with E-state index in [1.165, 1.54) is 11.8 Å². The highest BCUT2D eigenvalue weighted by atomic mass is 35.5. The second kappa shape index (κ2) is 8.91. The molecule has 1 aliphatic heterocycles. The summed E-state index contributed by atoms with van der Waals surface area (Å²) in [6.07, 6.45) is 1.94. The summed E-state index contributed by atoms with van der Waals surface area (Å²) < 4.78 is 5.12. The fraction of sp³-hybridized carbons (Fsp3) is 0.263. The van der Waals surface area contributed by atoms with E-state index in [0.717, 1.165) is 4.90 Å². The first-order valence-electron chi connectivity index (χ1n) is 8.20. The second-order valence-corrected chi connectivity index (χ2v) is 8.14. The molecule has 0 saturated carbocycles. The Balaban J connectivity index is 1.76. The number of benzene rings is 2. The van der Waals surface area contributed by atoms with Gasteiger partial charge in [-0.1, -0.05) is 11.6 Å². The normalized spacial score (nSPS) is 16.3. The van der Waals surface area contributed by atoms with Crippen molar-refractivity contribution in [1.82, 2.24) is 4.90 Å². The van der Waals surface area contributed by atoms with E-state index in [-0.39, 0.29) is 11.8 Å². The molecule has 0 bridgehead atoms. The molecule has 2 amide bonds. The van der Waals surface area contributed by atoms with E-state index in [9.17, 15) is 9.59 Å². The maximum Gasteiger partial charge on any atom is 0.256 e. The van der Waals surface area contributed by atoms with Gasteiger partial charge in [-0.25, -0.2) is 0 Å². The van der Waals surface area contributed by atoms with Gasteiger partial charge in [-0.2, -0.15) is 0 Å². The van der Waals surface area contributed by atoms with Crippen molar-refractivity contribution in [2.24, 2.45) is 0 Å². The smallest absolute Gasteiger partial charge is 0.256 e. The number of ether oxygens (including phenoxy) is 1. The molecule has 142 valence electrons. The number of rotatable bonds is 5. The first-order valence-corrected chi connectivity index (χ1v) is 11.0. The van der Waals surface area contributed by atoms with Crippen LogP contribution in [0.4, 0.5) is 5.69 Å². The molecule has 1 saturated heterocycles. The molecule has 2 aromatic carbocycles. The van der Waals surface area contributed by atoms with Crippen LogP contribution in [0, 0.1) is 0 Å². The average Bonchev–Trinajstić information content (AvgIpc) is 3.18. The van der Waals surface area contributed by atoms with Crippen molar-refractivity contribution in [2.45, 2.75) is 10.9 Å². The van der Waals surface area contributed by atoms with Gasteiger partial charge in [0.05, 0.1) is 23.6 Å². The van der Waals surface area contributed by atoms with Crippen molar-refractivity contribution in [1.29, 1.82) is 0 Å². The summed E-state index contributed by atoms with van der Waals surface area (Å²) in [6.45, 7) is 0. The van der Waals surface area contributed by atoms with Crippen LogP contribution in [0.5, 0.6) is 5.75 Å². The van der Waals surface area contributed by atoms with E-state index in [1.807, 2.05) is 12.3 Å². The maximum atomic E-state index is 13.0. The minimum atomic E-state index is -0.543. The first-order chi connectivity index (χ1) is 13.0. The number of hydrogen-bond acceptors (Lipinski definition) is 5. The molecule has 1 aliphatic rings. The first kappa shape index (κ1) is 19.9. The third-order valence-corrected chi connectivity index (χ3v) is 6.27. The van der Waals surface area contributed by atoms with Crippen molar-refractivity contribution < 1.29 is 14.3 Å². The van der Waals surface area contributed by atoms with Gasteiger partial charge >= 0.3 is 0 Å². The Bertz CT molecular complexity index is 845. The molecule has 8 heteroatoms. The van der Waals surface area contributed by atoms with Crippen molar-refractivity contribution >= 4 is 52.6 Å². The highest BCUT2D eigenvalue weighted by Gasteiger charge is 2.35.